The molecule has 0 unspecified atom stereocenters. The van der Waals surface area contributed by atoms with E-state index < -0.39 is 15.9 Å². The number of anilines is 2. The summed E-state index contributed by atoms with van der Waals surface area (Å²) in [7, 11) is -1.45. The molecule has 0 bridgehead atoms. The van der Waals surface area contributed by atoms with Crippen LogP contribution in [0.4, 0.5) is 11.4 Å². The Morgan fingerprint density at radius 1 is 1.26 bits per heavy atom. The minimum absolute atomic E-state index is 0.104. The van der Waals surface area contributed by atoms with Gasteiger partial charge in [0.05, 0.1) is 11.4 Å². The molecule has 2 heterocycles. The summed E-state index contributed by atoms with van der Waals surface area (Å²) >= 11 is 0. The second-order valence-electron chi connectivity index (χ2n) is 6.38. The van der Waals surface area contributed by atoms with E-state index in [0.29, 0.717) is 24.3 Å². The van der Waals surface area contributed by atoms with Gasteiger partial charge in [-0.1, -0.05) is 0 Å². The quantitative estimate of drug-likeness (QED) is 0.827. The highest BCUT2D eigenvalue weighted by Crippen LogP contribution is 2.25. The number of ether oxygens (including phenoxy) is 1. The van der Waals surface area contributed by atoms with E-state index in [9.17, 15) is 18.0 Å². The first kappa shape index (κ1) is 19.0. The first-order valence-corrected chi connectivity index (χ1v) is 10.1. The third-order valence-electron chi connectivity index (χ3n) is 4.35. The van der Waals surface area contributed by atoms with Crippen molar-refractivity contribution in [2.24, 2.45) is 7.05 Å². The van der Waals surface area contributed by atoms with Gasteiger partial charge in [-0.15, -0.1) is 0 Å². The molecule has 144 valence electrons. The van der Waals surface area contributed by atoms with Gasteiger partial charge in [-0.3, -0.25) is 13.9 Å². The molecular formula is C18H21N3O5S. The zero-order valence-corrected chi connectivity index (χ0v) is 16.0. The molecule has 0 spiro atoms. The molecule has 1 aliphatic heterocycles. The normalized spacial score (nSPS) is 15.6. The summed E-state index contributed by atoms with van der Waals surface area (Å²) in [6, 6.07) is 8.00. The number of hydrogen-bond donors (Lipinski definition) is 1. The highest BCUT2D eigenvalue weighted by molar-refractivity contribution is 7.93. The number of sulfonamides is 1. The van der Waals surface area contributed by atoms with Crippen molar-refractivity contribution in [2.45, 2.75) is 13.3 Å². The predicted octanol–water partition coefficient (Wildman–Crippen LogP) is 1.25. The second-order valence-corrected chi connectivity index (χ2v) is 8.39. The van der Waals surface area contributed by atoms with Crippen molar-refractivity contribution in [1.82, 2.24) is 4.57 Å². The van der Waals surface area contributed by atoms with Gasteiger partial charge < -0.3 is 14.6 Å². The van der Waals surface area contributed by atoms with Crippen molar-refractivity contribution in [2.75, 3.05) is 28.5 Å². The average Bonchev–Trinajstić information content (AvgIpc) is 2.97. The Hall–Kier alpha value is -2.81. The van der Waals surface area contributed by atoms with E-state index in [4.69, 9.17) is 4.74 Å². The molecule has 9 heteroatoms. The van der Waals surface area contributed by atoms with E-state index in [0.717, 1.165) is 5.69 Å². The molecule has 1 saturated heterocycles. The fourth-order valence-corrected chi connectivity index (χ4v) is 4.36. The maximum absolute atomic E-state index is 12.0. The average molecular weight is 391 g/mol. The number of nitrogens with one attached hydrogen (secondary N) is 1. The molecule has 1 fully saturated rings. The molecule has 1 aliphatic rings. The molecule has 3 rings (SSSR count). The molecule has 0 atom stereocenters. The molecule has 8 nitrogen and oxygen atoms in total. The van der Waals surface area contributed by atoms with E-state index in [1.54, 1.807) is 42.8 Å². The highest BCUT2D eigenvalue weighted by Gasteiger charge is 2.28. The van der Waals surface area contributed by atoms with Gasteiger partial charge in [0.25, 0.3) is 5.91 Å². The van der Waals surface area contributed by atoms with Gasteiger partial charge in [0, 0.05) is 37.2 Å². The number of benzene rings is 1. The van der Waals surface area contributed by atoms with Crippen molar-refractivity contribution >= 4 is 27.3 Å². The summed E-state index contributed by atoms with van der Waals surface area (Å²) < 4.78 is 32.3. The van der Waals surface area contributed by atoms with Crippen LogP contribution in [-0.2, 0) is 21.9 Å². The van der Waals surface area contributed by atoms with Crippen LogP contribution in [0.5, 0.6) is 5.75 Å². The Balaban J connectivity index is 1.60. The molecule has 1 amide bonds. The van der Waals surface area contributed by atoms with E-state index in [-0.39, 0.29) is 23.5 Å². The maximum atomic E-state index is 12.0. The lowest BCUT2D eigenvalue weighted by Gasteiger charge is -2.17. The number of aryl methyl sites for hydroxylation is 2. The minimum Gasteiger partial charge on any atom is -0.478 e. The van der Waals surface area contributed by atoms with Crippen LogP contribution >= 0.6 is 0 Å². The van der Waals surface area contributed by atoms with E-state index >= 15 is 0 Å². The van der Waals surface area contributed by atoms with Crippen LogP contribution in [0.3, 0.4) is 0 Å². The van der Waals surface area contributed by atoms with Gasteiger partial charge >= 0.3 is 0 Å². The van der Waals surface area contributed by atoms with Crippen LogP contribution in [0.25, 0.3) is 0 Å². The summed E-state index contributed by atoms with van der Waals surface area (Å²) in [4.78, 5) is 23.9. The lowest BCUT2D eigenvalue weighted by molar-refractivity contribution is -0.118. The second kappa shape index (κ2) is 7.43. The number of aromatic nitrogens is 1. The lowest BCUT2D eigenvalue weighted by atomic mass is 10.2. The minimum atomic E-state index is -3.23. The molecule has 1 aromatic carbocycles. The molecule has 2 aromatic rings. The number of nitrogens with zero attached hydrogens (tertiary/aromatic N) is 2. The van der Waals surface area contributed by atoms with Gasteiger partial charge in [-0.05, 0) is 37.6 Å². The first-order valence-electron chi connectivity index (χ1n) is 8.47. The lowest BCUT2D eigenvalue weighted by Crippen LogP contribution is -2.25. The highest BCUT2D eigenvalue weighted by atomic mass is 32.2. The summed E-state index contributed by atoms with van der Waals surface area (Å²) in [5.74, 6) is -0.159. The number of rotatable bonds is 5. The Kier molecular flexibility index (Phi) is 5.22. The van der Waals surface area contributed by atoms with E-state index in [2.05, 4.69) is 5.32 Å². The SMILES string of the molecule is Cc1cc(=O)c(OCC(=O)Nc2ccc(N3CCCS3(=O)=O)cc2)cn1C. The Morgan fingerprint density at radius 3 is 2.59 bits per heavy atom. The standard InChI is InChI=1S/C18H21N3O5S/c1-13-10-16(22)17(11-20(13)2)26-12-18(23)19-14-4-6-15(7-5-14)21-8-3-9-27(21,24)25/h4-7,10-11H,3,8-9,12H2,1-2H3,(H,19,23). The van der Waals surface area contributed by atoms with Crippen molar-refractivity contribution in [1.29, 1.82) is 0 Å². The molecule has 1 aromatic heterocycles. The number of pyridine rings is 1. The maximum Gasteiger partial charge on any atom is 0.262 e. The molecular weight excluding hydrogens is 370 g/mol. The van der Waals surface area contributed by atoms with Crippen molar-refractivity contribution in [3.8, 4) is 5.75 Å². The fraction of sp³-hybridized carbons (Fsp3) is 0.333. The van der Waals surface area contributed by atoms with Crippen LogP contribution in [0.2, 0.25) is 0 Å². The van der Waals surface area contributed by atoms with Gasteiger partial charge in [0.1, 0.15) is 0 Å². The largest absolute Gasteiger partial charge is 0.478 e. The number of amides is 1. The van der Waals surface area contributed by atoms with Gasteiger partial charge in [-0.25, -0.2) is 8.42 Å². The number of carbonyl (C=O) groups is 1. The molecule has 0 radical (unpaired) electrons. The predicted molar refractivity (Wildman–Crippen MR) is 103 cm³/mol. The van der Waals surface area contributed by atoms with Crippen LogP contribution < -0.4 is 19.8 Å². The van der Waals surface area contributed by atoms with Gasteiger partial charge in [-0.2, -0.15) is 0 Å². The zero-order valence-electron chi connectivity index (χ0n) is 15.1. The Morgan fingerprint density at radius 2 is 1.96 bits per heavy atom. The summed E-state index contributed by atoms with van der Waals surface area (Å²) in [5.41, 5.74) is 1.59. The topological polar surface area (TPSA) is 97.7 Å². The summed E-state index contributed by atoms with van der Waals surface area (Å²) in [5, 5.41) is 2.66. The molecule has 27 heavy (non-hydrogen) atoms. The van der Waals surface area contributed by atoms with Crippen LogP contribution in [-0.4, -0.2) is 37.8 Å². The van der Waals surface area contributed by atoms with Crippen molar-refractivity contribution in [3.63, 3.8) is 0 Å². The Bertz CT molecular complexity index is 1010. The fourth-order valence-electron chi connectivity index (χ4n) is 2.79. The van der Waals surface area contributed by atoms with Crippen molar-refractivity contribution in [3.05, 3.63) is 52.4 Å². The van der Waals surface area contributed by atoms with E-state index in [1.165, 1.54) is 16.6 Å². The third kappa shape index (κ3) is 4.30. The molecule has 0 aliphatic carbocycles. The first-order chi connectivity index (χ1) is 12.8. The number of carbonyl (C=O) groups excluding carboxylic acids is 1. The van der Waals surface area contributed by atoms with Crippen LogP contribution in [0, 0.1) is 6.92 Å². The summed E-state index contributed by atoms with van der Waals surface area (Å²) in [6.45, 7) is 1.96. The third-order valence-corrected chi connectivity index (χ3v) is 6.22. The number of hydrogen-bond acceptors (Lipinski definition) is 5. The molecule has 0 saturated carbocycles. The zero-order chi connectivity index (χ0) is 19.6. The summed E-state index contributed by atoms with van der Waals surface area (Å²) in [6.07, 6.45) is 2.15. The Labute approximate surface area is 157 Å². The van der Waals surface area contributed by atoms with Gasteiger partial charge in [0.15, 0.2) is 12.4 Å². The van der Waals surface area contributed by atoms with Crippen molar-refractivity contribution < 1.29 is 17.9 Å². The molecule has 1 N–H and O–H groups in total. The van der Waals surface area contributed by atoms with Gasteiger partial charge in [0.2, 0.25) is 15.5 Å². The smallest absolute Gasteiger partial charge is 0.262 e. The monoisotopic (exact) mass is 391 g/mol. The van der Waals surface area contributed by atoms with E-state index in [1.807, 2.05) is 0 Å². The van der Waals surface area contributed by atoms with Crippen LogP contribution in [0.15, 0.2) is 41.3 Å². The van der Waals surface area contributed by atoms with Crippen LogP contribution in [0.1, 0.15) is 12.1 Å².